The summed E-state index contributed by atoms with van der Waals surface area (Å²) in [7, 11) is 3.07. The summed E-state index contributed by atoms with van der Waals surface area (Å²) >= 11 is 0. The lowest BCUT2D eigenvalue weighted by atomic mass is 10.0. The van der Waals surface area contributed by atoms with Crippen LogP contribution in [0, 0.1) is 0 Å². The second-order valence-corrected chi connectivity index (χ2v) is 9.76. The van der Waals surface area contributed by atoms with E-state index in [-0.39, 0.29) is 37.1 Å². The summed E-state index contributed by atoms with van der Waals surface area (Å²) in [6.45, 7) is 0.580. The normalized spacial score (nSPS) is 19.7. The van der Waals surface area contributed by atoms with Gasteiger partial charge >= 0.3 is 0 Å². The lowest BCUT2D eigenvalue weighted by molar-refractivity contribution is -0.125. The van der Waals surface area contributed by atoms with Gasteiger partial charge in [-0.25, -0.2) is 4.98 Å². The molecule has 2 atom stereocenters. The minimum absolute atomic E-state index is 0.113. The molecule has 0 aliphatic carbocycles. The summed E-state index contributed by atoms with van der Waals surface area (Å²) < 4.78 is 28.3. The molecule has 12 nitrogen and oxygen atoms in total. The molecule has 41 heavy (non-hydrogen) atoms. The van der Waals surface area contributed by atoms with Crippen LogP contribution in [0.4, 0.5) is 0 Å². The highest BCUT2D eigenvalue weighted by Gasteiger charge is 2.35. The van der Waals surface area contributed by atoms with E-state index in [0.29, 0.717) is 48.9 Å². The number of benzene rings is 2. The number of hydrogen-bond donors (Lipinski definition) is 2. The van der Waals surface area contributed by atoms with Crippen molar-refractivity contribution >= 4 is 17.7 Å². The molecule has 4 heterocycles. The zero-order valence-electron chi connectivity index (χ0n) is 22.9. The van der Waals surface area contributed by atoms with E-state index < -0.39 is 18.1 Å². The largest absolute Gasteiger partial charge is 0.496 e. The summed E-state index contributed by atoms with van der Waals surface area (Å²) in [6, 6.07) is 10.2. The van der Waals surface area contributed by atoms with E-state index in [9.17, 15) is 14.4 Å². The number of oxazole rings is 1. The Morgan fingerprint density at radius 3 is 2.68 bits per heavy atom. The second kappa shape index (κ2) is 12.6. The van der Waals surface area contributed by atoms with Crippen LogP contribution in [0.5, 0.6) is 23.0 Å². The fourth-order valence-electron chi connectivity index (χ4n) is 4.91. The third-order valence-corrected chi connectivity index (χ3v) is 7.08. The van der Waals surface area contributed by atoms with Crippen LogP contribution in [0.1, 0.15) is 34.5 Å². The highest BCUT2D eigenvalue weighted by Crippen LogP contribution is 2.30. The van der Waals surface area contributed by atoms with E-state index in [2.05, 4.69) is 15.6 Å². The van der Waals surface area contributed by atoms with Gasteiger partial charge in [0.15, 0.2) is 24.5 Å². The predicted octanol–water partition coefficient (Wildman–Crippen LogP) is 2.11. The van der Waals surface area contributed by atoms with Crippen molar-refractivity contribution < 1.29 is 37.7 Å². The molecule has 0 unspecified atom stereocenters. The van der Waals surface area contributed by atoms with Gasteiger partial charge in [-0.1, -0.05) is 6.07 Å². The zero-order valence-corrected chi connectivity index (χ0v) is 22.9. The molecule has 2 aromatic carbocycles. The number of likely N-dealkylation sites (tertiary alicyclic amines) is 1. The molecule has 0 radical (unpaired) electrons. The molecule has 1 saturated heterocycles. The highest BCUT2D eigenvalue weighted by atomic mass is 16.5. The topological polar surface area (TPSA) is 141 Å². The Bertz CT molecular complexity index is 1390. The van der Waals surface area contributed by atoms with Gasteiger partial charge in [0.05, 0.1) is 26.5 Å². The van der Waals surface area contributed by atoms with Gasteiger partial charge in [-0.3, -0.25) is 14.4 Å². The van der Waals surface area contributed by atoms with Gasteiger partial charge in [-0.2, -0.15) is 0 Å². The number of hydrogen-bond acceptors (Lipinski definition) is 9. The van der Waals surface area contributed by atoms with Crippen LogP contribution in [0.25, 0.3) is 0 Å². The number of aryl methyl sites for hydroxylation is 1. The molecule has 4 bridgehead atoms. The minimum atomic E-state index is -0.549. The average Bonchev–Trinajstić information content (AvgIpc) is 3.53. The van der Waals surface area contributed by atoms with Gasteiger partial charge in [0, 0.05) is 44.1 Å². The first kappa shape index (κ1) is 27.8. The molecule has 0 saturated carbocycles. The van der Waals surface area contributed by atoms with Crippen molar-refractivity contribution in [2.45, 2.75) is 38.0 Å². The lowest BCUT2D eigenvalue weighted by Gasteiger charge is -2.38. The Balaban J connectivity index is 1.42. The van der Waals surface area contributed by atoms with Crippen LogP contribution in [0.2, 0.25) is 0 Å². The van der Waals surface area contributed by atoms with E-state index in [1.165, 1.54) is 19.7 Å². The van der Waals surface area contributed by atoms with E-state index in [0.717, 1.165) is 11.1 Å². The molecular weight excluding hydrogens is 532 g/mol. The van der Waals surface area contributed by atoms with Crippen LogP contribution >= 0.6 is 0 Å². The van der Waals surface area contributed by atoms with Gasteiger partial charge in [0.25, 0.3) is 11.8 Å². The quantitative estimate of drug-likeness (QED) is 0.489. The summed E-state index contributed by atoms with van der Waals surface area (Å²) in [4.78, 5) is 44.1. The average molecular weight is 565 g/mol. The molecule has 2 N–H and O–H groups in total. The van der Waals surface area contributed by atoms with Crippen LogP contribution in [-0.4, -0.2) is 73.7 Å². The molecule has 216 valence electrons. The van der Waals surface area contributed by atoms with Crippen molar-refractivity contribution in [3.63, 3.8) is 0 Å². The number of amides is 3. The van der Waals surface area contributed by atoms with Crippen molar-refractivity contribution in [3.8, 4) is 23.0 Å². The minimum Gasteiger partial charge on any atom is -0.496 e. The summed E-state index contributed by atoms with van der Waals surface area (Å²) in [5.41, 5.74) is 1.65. The monoisotopic (exact) mass is 564 g/mol. The Hall–Kier alpha value is -4.74. The lowest BCUT2D eigenvalue weighted by Crippen LogP contribution is -2.58. The number of carbonyl (C=O) groups excluding carboxylic acids is 3. The Labute approximate surface area is 236 Å². The maximum atomic E-state index is 13.1. The molecule has 12 heteroatoms. The first-order valence-electron chi connectivity index (χ1n) is 13.3. The van der Waals surface area contributed by atoms with Crippen molar-refractivity contribution in [1.82, 2.24) is 20.5 Å². The molecule has 1 aromatic heterocycles. The number of nitrogens with zero attached hydrogens (tertiary/aromatic N) is 2. The standard InChI is InChI=1S/C29H32N4O8/c1-37-23-7-3-18-4-8-27(34)31-13-19-5-6-20(12-24(19)38-2)41-22-9-10-33(29(36)26-14-30-17-40-26)15-21(22)32-28(35)16-39-25(23)11-18/h3,5-7,11-12,14,17,21-22H,4,8-10,13,15-16H2,1-2H3,(H,31,34)(H,32,35)/t21-,22+/m1/s1. The number of methoxy groups -OCH3 is 2. The first-order chi connectivity index (χ1) is 19.9. The summed E-state index contributed by atoms with van der Waals surface area (Å²) in [5, 5.41) is 5.92. The number of ether oxygens (including phenoxy) is 4. The number of fused-ring (bicyclic) bond motifs is 9. The van der Waals surface area contributed by atoms with E-state index >= 15 is 0 Å². The smallest absolute Gasteiger partial charge is 0.291 e. The van der Waals surface area contributed by atoms with Gasteiger partial charge in [-0.15, -0.1) is 0 Å². The predicted molar refractivity (Wildman–Crippen MR) is 145 cm³/mol. The number of rotatable bonds is 3. The number of aromatic nitrogens is 1. The molecule has 3 amide bonds. The Morgan fingerprint density at radius 1 is 1.05 bits per heavy atom. The maximum absolute atomic E-state index is 13.1. The fraction of sp³-hybridized carbons (Fsp3) is 0.379. The number of carbonyl (C=O) groups is 3. The first-order valence-corrected chi connectivity index (χ1v) is 13.3. The third kappa shape index (κ3) is 6.71. The molecule has 1 fully saturated rings. The van der Waals surface area contributed by atoms with Gasteiger partial charge in [0.1, 0.15) is 17.6 Å². The van der Waals surface area contributed by atoms with E-state index in [1.54, 1.807) is 36.3 Å². The van der Waals surface area contributed by atoms with Crippen molar-refractivity contribution in [2.24, 2.45) is 0 Å². The Kier molecular flexibility index (Phi) is 8.56. The Morgan fingerprint density at radius 2 is 1.90 bits per heavy atom. The van der Waals surface area contributed by atoms with Gasteiger partial charge < -0.3 is 38.9 Å². The highest BCUT2D eigenvalue weighted by molar-refractivity contribution is 5.91. The van der Waals surface area contributed by atoms with E-state index in [1.807, 2.05) is 12.1 Å². The summed E-state index contributed by atoms with van der Waals surface area (Å²) in [6.07, 6.45) is 3.30. The van der Waals surface area contributed by atoms with Crippen molar-refractivity contribution in [1.29, 1.82) is 0 Å². The molecular formula is C29H32N4O8. The molecule has 3 aromatic rings. The third-order valence-electron chi connectivity index (χ3n) is 7.08. The van der Waals surface area contributed by atoms with Crippen molar-refractivity contribution in [2.75, 3.05) is 33.9 Å². The van der Waals surface area contributed by atoms with Crippen LogP contribution in [0.15, 0.2) is 53.4 Å². The second-order valence-electron chi connectivity index (χ2n) is 9.76. The molecule has 0 spiro atoms. The molecule has 3 aliphatic heterocycles. The van der Waals surface area contributed by atoms with Gasteiger partial charge in [-0.05, 0) is 36.2 Å². The van der Waals surface area contributed by atoms with Gasteiger partial charge in [0.2, 0.25) is 11.7 Å². The SMILES string of the molecule is COc1cc2ccc1CNC(=O)CCc1ccc(OC)c(c1)OCC(=O)N[C@@H]1CN(C(=O)c3cnco3)CC[C@@H]1O2. The molecule has 3 aliphatic rings. The zero-order chi connectivity index (χ0) is 28.8. The van der Waals surface area contributed by atoms with Crippen molar-refractivity contribution in [3.05, 3.63) is 65.9 Å². The number of piperidine rings is 1. The van der Waals surface area contributed by atoms with Crippen LogP contribution in [-0.2, 0) is 22.6 Å². The fourth-order valence-corrected chi connectivity index (χ4v) is 4.91. The van der Waals surface area contributed by atoms with Crippen LogP contribution < -0.4 is 29.6 Å². The summed E-state index contributed by atoms with van der Waals surface area (Å²) in [5.74, 6) is 1.24. The van der Waals surface area contributed by atoms with Crippen LogP contribution in [0.3, 0.4) is 0 Å². The maximum Gasteiger partial charge on any atom is 0.291 e. The number of nitrogens with one attached hydrogen (secondary N) is 2. The molecule has 6 rings (SSSR count). The van der Waals surface area contributed by atoms with E-state index in [4.69, 9.17) is 23.4 Å².